The van der Waals surface area contributed by atoms with Crippen LogP contribution in [0.3, 0.4) is 0 Å². The third-order valence-corrected chi connectivity index (χ3v) is 8.48. The standard InChI is InChI=1S/C32H36N6O5/c1-21(39)31(40)36-10-6-26(7-11-36)43-29-3-2-23(16-24(29)18-33)28-20-35-30-27(28)17-25(19-34-30)22-4-8-37(9-5-22)32(41)38-12-14-42-15-13-38/h2-4,16-17,19-21,26,39H,5-15H2,1H3,(H,34,35). The molecule has 3 amide bonds. The van der Waals surface area contributed by atoms with Gasteiger partial charge in [0.1, 0.15) is 29.7 Å². The molecule has 0 spiro atoms. The molecule has 3 aliphatic heterocycles. The highest BCUT2D eigenvalue weighted by molar-refractivity contribution is 5.95. The van der Waals surface area contributed by atoms with Crippen LogP contribution in [-0.2, 0) is 9.53 Å². The van der Waals surface area contributed by atoms with E-state index in [0.717, 1.165) is 39.7 Å². The topological polar surface area (TPSA) is 135 Å². The zero-order valence-corrected chi connectivity index (χ0v) is 24.3. The van der Waals surface area contributed by atoms with E-state index in [1.807, 2.05) is 40.4 Å². The molecule has 0 aliphatic carbocycles. The normalized spacial score (nSPS) is 18.7. The summed E-state index contributed by atoms with van der Waals surface area (Å²) >= 11 is 0. The monoisotopic (exact) mass is 584 g/mol. The number of nitriles is 1. The van der Waals surface area contributed by atoms with Gasteiger partial charge < -0.3 is 34.3 Å². The molecule has 0 radical (unpaired) electrons. The van der Waals surface area contributed by atoms with Crippen molar-refractivity contribution in [3.63, 3.8) is 0 Å². The highest BCUT2D eigenvalue weighted by atomic mass is 16.5. The number of urea groups is 1. The Balaban J connectivity index is 1.16. The van der Waals surface area contributed by atoms with Gasteiger partial charge in [-0.15, -0.1) is 0 Å². The number of aromatic amines is 1. The van der Waals surface area contributed by atoms with Crippen molar-refractivity contribution >= 4 is 28.5 Å². The van der Waals surface area contributed by atoms with Crippen molar-refractivity contribution in [1.82, 2.24) is 24.7 Å². The Morgan fingerprint density at radius 3 is 2.58 bits per heavy atom. The number of morpholine rings is 1. The smallest absolute Gasteiger partial charge is 0.320 e. The number of aliphatic hydroxyl groups excluding tert-OH is 1. The summed E-state index contributed by atoms with van der Waals surface area (Å²) in [5.74, 6) is 0.256. The average Bonchev–Trinajstić information content (AvgIpc) is 3.48. The van der Waals surface area contributed by atoms with E-state index in [9.17, 15) is 20.0 Å². The Morgan fingerprint density at radius 1 is 1.09 bits per heavy atom. The maximum absolute atomic E-state index is 12.9. The SMILES string of the molecule is CC(O)C(=O)N1CCC(Oc2ccc(-c3c[nH]c4ncc(C5=CCN(C(=O)N6CCOCC6)CC5)cc34)cc2C#N)CC1. The molecule has 224 valence electrons. The van der Waals surface area contributed by atoms with Crippen LogP contribution in [0.15, 0.2) is 42.7 Å². The minimum Gasteiger partial charge on any atom is -0.489 e. The number of nitrogens with one attached hydrogen (secondary N) is 1. The summed E-state index contributed by atoms with van der Waals surface area (Å²) in [5.41, 5.74) is 5.21. The van der Waals surface area contributed by atoms with Crippen molar-refractivity contribution in [3.05, 3.63) is 53.9 Å². The number of pyridine rings is 1. The lowest BCUT2D eigenvalue weighted by atomic mass is 9.98. The number of aliphatic hydroxyl groups is 1. The molecule has 1 aromatic carbocycles. The first-order chi connectivity index (χ1) is 20.9. The summed E-state index contributed by atoms with van der Waals surface area (Å²) < 4.78 is 11.6. The van der Waals surface area contributed by atoms with Gasteiger partial charge in [0, 0.05) is 75.5 Å². The maximum atomic E-state index is 12.9. The lowest BCUT2D eigenvalue weighted by molar-refractivity contribution is -0.141. The molecule has 2 N–H and O–H groups in total. The predicted octanol–water partition coefficient (Wildman–Crippen LogP) is 3.39. The molecule has 11 nitrogen and oxygen atoms in total. The zero-order chi connectivity index (χ0) is 29.9. The van der Waals surface area contributed by atoms with Gasteiger partial charge in [0.2, 0.25) is 0 Å². The Labute approximate surface area is 250 Å². The molecule has 3 aromatic rings. The number of carbonyl (C=O) groups is 2. The van der Waals surface area contributed by atoms with Crippen LogP contribution in [-0.4, -0.2) is 106 Å². The number of amides is 3. The number of likely N-dealkylation sites (tertiary alicyclic amines) is 1. The fourth-order valence-electron chi connectivity index (χ4n) is 6.00. The van der Waals surface area contributed by atoms with E-state index in [-0.39, 0.29) is 18.0 Å². The fraction of sp³-hybridized carbons (Fsp3) is 0.438. The summed E-state index contributed by atoms with van der Waals surface area (Å²) in [4.78, 5) is 38.3. The van der Waals surface area contributed by atoms with Gasteiger partial charge in [0.05, 0.1) is 18.8 Å². The molecule has 1 unspecified atom stereocenters. The maximum Gasteiger partial charge on any atom is 0.320 e. The van der Waals surface area contributed by atoms with Crippen LogP contribution >= 0.6 is 0 Å². The van der Waals surface area contributed by atoms with E-state index in [1.54, 1.807) is 4.90 Å². The lowest BCUT2D eigenvalue weighted by Gasteiger charge is -2.34. The third kappa shape index (κ3) is 6.07. The van der Waals surface area contributed by atoms with Crippen molar-refractivity contribution in [2.75, 3.05) is 52.5 Å². The molecule has 11 heteroatoms. The quantitative estimate of drug-likeness (QED) is 0.469. The van der Waals surface area contributed by atoms with Gasteiger partial charge >= 0.3 is 6.03 Å². The zero-order valence-electron chi connectivity index (χ0n) is 24.3. The van der Waals surface area contributed by atoms with E-state index >= 15 is 0 Å². The summed E-state index contributed by atoms with van der Waals surface area (Å²) in [6, 6.07) is 10.1. The number of H-pyrrole nitrogens is 1. The summed E-state index contributed by atoms with van der Waals surface area (Å²) in [5, 5.41) is 20.5. The first-order valence-corrected chi connectivity index (χ1v) is 14.9. The Hall–Kier alpha value is -4.40. The predicted molar refractivity (Wildman–Crippen MR) is 160 cm³/mol. The van der Waals surface area contributed by atoms with Gasteiger partial charge in [0.15, 0.2) is 0 Å². The number of hydrogen-bond acceptors (Lipinski definition) is 7. The van der Waals surface area contributed by atoms with Crippen LogP contribution in [0.2, 0.25) is 0 Å². The molecule has 1 atom stereocenters. The number of ether oxygens (including phenoxy) is 2. The summed E-state index contributed by atoms with van der Waals surface area (Å²) in [7, 11) is 0. The van der Waals surface area contributed by atoms with Gasteiger partial charge in [-0.3, -0.25) is 4.79 Å². The van der Waals surface area contributed by atoms with Gasteiger partial charge in [0.25, 0.3) is 5.91 Å². The van der Waals surface area contributed by atoms with Crippen LogP contribution in [0.5, 0.6) is 5.75 Å². The number of aromatic nitrogens is 2. The van der Waals surface area contributed by atoms with Crippen molar-refractivity contribution in [2.24, 2.45) is 0 Å². The molecule has 0 saturated carbocycles. The Morgan fingerprint density at radius 2 is 1.88 bits per heavy atom. The van der Waals surface area contributed by atoms with Crippen LogP contribution < -0.4 is 4.74 Å². The minimum atomic E-state index is -1.01. The second-order valence-corrected chi connectivity index (χ2v) is 11.3. The lowest BCUT2D eigenvalue weighted by Crippen LogP contribution is -2.49. The van der Waals surface area contributed by atoms with Crippen LogP contribution in [0.4, 0.5) is 4.79 Å². The fourth-order valence-corrected chi connectivity index (χ4v) is 6.00. The molecule has 2 aromatic heterocycles. The number of nitrogens with zero attached hydrogens (tertiary/aromatic N) is 5. The van der Waals surface area contributed by atoms with Crippen molar-refractivity contribution in [1.29, 1.82) is 5.26 Å². The Bertz CT molecular complexity index is 1580. The molecule has 2 fully saturated rings. The van der Waals surface area contributed by atoms with Gasteiger partial charge in [-0.05, 0) is 48.2 Å². The van der Waals surface area contributed by atoms with Crippen molar-refractivity contribution in [3.8, 4) is 22.9 Å². The number of piperidine rings is 1. The van der Waals surface area contributed by atoms with Crippen LogP contribution in [0, 0.1) is 11.3 Å². The van der Waals surface area contributed by atoms with E-state index in [1.165, 1.54) is 6.92 Å². The molecular formula is C32H36N6O5. The van der Waals surface area contributed by atoms with Crippen LogP contribution in [0.25, 0.3) is 27.7 Å². The molecule has 3 aliphatic rings. The van der Waals surface area contributed by atoms with E-state index in [0.29, 0.717) is 76.6 Å². The third-order valence-electron chi connectivity index (χ3n) is 8.48. The second kappa shape index (κ2) is 12.5. The molecular weight excluding hydrogens is 548 g/mol. The largest absolute Gasteiger partial charge is 0.489 e. The second-order valence-electron chi connectivity index (χ2n) is 11.3. The van der Waals surface area contributed by atoms with Gasteiger partial charge in [-0.25, -0.2) is 9.78 Å². The van der Waals surface area contributed by atoms with E-state index in [4.69, 9.17) is 9.47 Å². The molecule has 0 bridgehead atoms. The van der Waals surface area contributed by atoms with E-state index in [2.05, 4.69) is 28.2 Å². The first-order valence-electron chi connectivity index (χ1n) is 14.9. The number of rotatable bonds is 5. The van der Waals surface area contributed by atoms with Crippen molar-refractivity contribution in [2.45, 2.75) is 38.4 Å². The Kier molecular flexibility index (Phi) is 8.31. The molecule has 6 rings (SSSR count). The van der Waals surface area contributed by atoms with Crippen LogP contribution in [0.1, 0.15) is 37.3 Å². The number of fused-ring (bicyclic) bond motifs is 1. The molecule has 2 saturated heterocycles. The van der Waals surface area contributed by atoms with Gasteiger partial charge in [-0.1, -0.05) is 12.1 Å². The van der Waals surface area contributed by atoms with Crippen molar-refractivity contribution < 1.29 is 24.2 Å². The summed E-state index contributed by atoms with van der Waals surface area (Å²) in [6.07, 6.45) is 6.79. The highest BCUT2D eigenvalue weighted by Crippen LogP contribution is 2.34. The highest BCUT2D eigenvalue weighted by Gasteiger charge is 2.27. The first kappa shape index (κ1) is 28.7. The number of benzene rings is 1. The number of hydrogen-bond donors (Lipinski definition) is 2. The number of carbonyl (C=O) groups excluding carboxylic acids is 2. The minimum absolute atomic E-state index is 0.0673. The van der Waals surface area contributed by atoms with Gasteiger partial charge in [-0.2, -0.15) is 5.26 Å². The van der Waals surface area contributed by atoms with E-state index < -0.39 is 6.10 Å². The average molecular weight is 585 g/mol. The molecule has 5 heterocycles. The molecule has 43 heavy (non-hydrogen) atoms. The summed E-state index contributed by atoms with van der Waals surface area (Å²) in [6.45, 7) is 6.17.